The molecule has 0 bridgehead atoms. The minimum absolute atomic E-state index is 0.0327. The van der Waals surface area contributed by atoms with Crippen molar-refractivity contribution in [1.29, 1.82) is 0 Å². The van der Waals surface area contributed by atoms with Gasteiger partial charge in [0.25, 0.3) is 0 Å². The van der Waals surface area contributed by atoms with Crippen molar-refractivity contribution in [2.75, 3.05) is 6.54 Å². The number of hydrogen-bond donors (Lipinski definition) is 8. The Kier molecular flexibility index (Phi) is 8.99. The van der Waals surface area contributed by atoms with Gasteiger partial charge in [-0.2, -0.15) is 0 Å². The third-order valence-corrected chi connectivity index (χ3v) is 6.62. The van der Waals surface area contributed by atoms with Gasteiger partial charge in [0.05, 0.1) is 19.0 Å². The van der Waals surface area contributed by atoms with Gasteiger partial charge < -0.3 is 41.9 Å². The summed E-state index contributed by atoms with van der Waals surface area (Å²) in [5.74, 6) is -5.13. The molecule has 0 spiro atoms. The molecule has 4 aromatic rings. The number of amides is 3. The van der Waals surface area contributed by atoms with E-state index in [0.29, 0.717) is 5.56 Å². The first-order valence-corrected chi connectivity index (χ1v) is 12.8. The standard InChI is InChI=1S/C28H30N6O7/c29-19(9-15-12-30-20-7-3-1-5-17(15)20)26(38)32-14-24(35)33-22(27(39)34-23(28(40)41)11-25(36)37)10-16-13-31-21-8-4-2-6-18(16)21/h1-8,12-13,19,22-23,30-31H,9-11,14,29H2,(H,32,38)(H,33,35)(H,34,39)(H,36,37)(H,40,41). The van der Waals surface area contributed by atoms with E-state index >= 15 is 0 Å². The maximum absolute atomic E-state index is 13.1. The lowest BCUT2D eigenvalue weighted by Crippen LogP contribution is -2.54. The average molecular weight is 563 g/mol. The Hall–Kier alpha value is -5.17. The topological polar surface area (TPSA) is 219 Å². The van der Waals surface area contributed by atoms with Crippen LogP contribution in [-0.4, -0.2) is 74.5 Å². The third-order valence-electron chi connectivity index (χ3n) is 6.62. The van der Waals surface area contributed by atoms with E-state index < -0.39 is 60.8 Å². The van der Waals surface area contributed by atoms with Gasteiger partial charge in [0.15, 0.2) is 0 Å². The van der Waals surface area contributed by atoms with Gasteiger partial charge in [0.2, 0.25) is 17.7 Å². The number of carboxylic acid groups (broad SMARTS) is 2. The molecule has 0 aliphatic carbocycles. The normalized spacial score (nSPS) is 13.3. The van der Waals surface area contributed by atoms with Crippen molar-refractivity contribution in [3.05, 3.63) is 72.1 Å². The molecule has 9 N–H and O–H groups in total. The van der Waals surface area contributed by atoms with Gasteiger partial charge in [-0.1, -0.05) is 36.4 Å². The summed E-state index contributed by atoms with van der Waals surface area (Å²) in [5, 5.41) is 27.2. The van der Waals surface area contributed by atoms with Crippen molar-refractivity contribution in [2.45, 2.75) is 37.4 Å². The average Bonchev–Trinajstić information content (AvgIpc) is 3.54. The molecule has 0 saturated carbocycles. The fraction of sp³-hybridized carbons (Fsp3) is 0.250. The van der Waals surface area contributed by atoms with Crippen LogP contribution in [0.4, 0.5) is 0 Å². The molecule has 13 heteroatoms. The lowest BCUT2D eigenvalue weighted by Gasteiger charge is -2.21. The number of H-pyrrole nitrogens is 2. The molecule has 41 heavy (non-hydrogen) atoms. The van der Waals surface area contributed by atoms with Crippen molar-refractivity contribution in [2.24, 2.45) is 5.73 Å². The second-order valence-corrected chi connectivity index (χ2v) is 9.57. The lowest BCUT2D eigenvalue weighted by atomic mass is 10.0. The van der Waals surface area contributed by atoms with E-state index in [1.54, 1.807) is 18.5 Å². The molecule has 0 fully saturated rings. The van der Waals surface area contributed by atoms with Crippen LogP contribution in [0.25, 0.3) is 21.8 Å². The number of para-hydroxylation sites is 2. The summed E-state index contributed by atoms with van der Waals surface area (Å²) in [5.41, 5.74) is 9.28. The third kappa shape index (κ3) is 7.28. The Morgan fingerprint density at radius 2 is 1.32 bits per heavy atom. The highest BCUT2D eigenvalue weighted by atomic mass is 16.4. The number of rotatable bonds is 13. The lowest BCUT2D eigenvalue weighted by molar-refractivity contribution is -0.147. The van der Waals surface area contributed by atoms with Crippen molar-refractivity contribution in [3.63, 3.8) is 0 Å². The summed E-state index contributed by atoms with van der Waals surface area (Å²) in [6.07, 6.45) is 2.78. The Morgan fingerprint density at radius 1 is 0.756 bits per heavy atom. The first-order valence-electron chi connectivity index (χ1n) is 12.8. The highest BCUT2D eigenvalue weighted by Crippen LogP contribution is 2.20. The summed E-state index contributed by atoms with van der Waals surface area (Å²) < 4.78 is 0. The molecule has 3 amide bonds. The summed E-state index contributed by atoms with van der Waals surface area (Å²) in [7, 11) is 0. The number of fused-ring (bicyclic) bond motifs is 2. The highest BCUT2D eigenvalue weighted by Gasteiger charge is 2.29. The van der Waals surface area contributed by atoms with Crippen molar-refractivity contribution in [3.8, 4) is 0 Å². The number of aromatic amines is 2. The zero-order chi connectivity index (χ0) is 29.5. The molecule has 13 nitrogen and oxygen atoms in total. The van der Waals surface area contributed by atoms with Crippen molar-refractivity contribution < 1.29 is 34.2 Å². The summed E-state index contributed by atoms with van der Waals surface area (Å²) in [6, 6.07) is 10.9. The Balaban J connectivity index is 1.41. The van der Waals surface area contributed by atoms with Crippen LogP contribution in [0.5, 0.6) is 0 Å². The van der Waals surface area contributed by atoms with Gasteiger partial charge in [-0.05, 0) is 29.7 Å². The fourth-order valence-corrected chi connectivity index (χ4v) is 4.55. The molecular formula is C28H30N6O7. The first kappa shape index (κ1) is 28.8. The van der Waals surface area contributed by atoms with Gasteiger partial charge in [-0.3, -0.25) is 19.2 Å². The molecule has 2 heterocycles. The molecule has 2 aromatic heterocycles. The second-order valence-electron chi connectivity index (χ2n) is 9.57. The summed E-state index contributed by atoms with van der Waals surface area (Å²) in [6.45, 7) is -0.491. The zero-order valence-corrected chi connectivity index (χ0v) is 21.8. The molecule has 214 valence electrons. The quantitative estimate of drug-likeness (QED) is 0.114. The number of carbonyl (C=O) groups excluding carboxylic acids is 3. The van der Waals surface area contributed by atoms with E-state index in [-0.39, 0.29) is 12.8 Å². The molecule has 0 saturated heterocycles. The van der Waals surface area contributed by atoms with Crippen molar-refractivity contribution in [1.82, 2.24) is 25.9 Å². The molecule has 0 radical (unpaired) electrons. The Bertz CT molecular complexity index is 1590. The van der Waals surface area contributed by atoms with Gasteiger partial charge >= 0.3 is 11.9 Å². The van der Waals surface area contributed by atoms with Crippen molar-refractivity contribution >= 4 is 51.5 Å². The molecule has 2 aromatic carbocycles. The molecular weight excluding hydrogens is 532 g/mol. The van der Waals surface area contributed by atoms with Crippen LogP contribution in [0.1, 0.15) is 17.5 Å². The molecule has 0 aliphatic rings. The van der Waals surface area contributed by atoms with Crippen LogP contribution in [0.2, 0.25) is 0 Å². The van der Waals surface area contributed by atoms with E-state index in [9.17, 15) is 29.1 Å². The van der Waals surface area contributed by atoms with Crippen LogP contribution in [0, 0.1) is 0 Å². The summed E-state index contributed by atoms with van der Waals surface area (Å²) >= 11 is 0. The Morgan fingerprint density at radius 3 is 1.88 bits per heavy atom. The largest absolute Gasteiger partial charge is 0.481 e. The van der Waals surface area contributed by atoms with E-state index in [0.717, 1.165) is 27.4 Å². The van der Waals surface area contributed by atoms with Gasteiger partial charge in [0.1, 0.15) is 12.1 Å². The second kappa shape index (κ2) is 12.8. The van der Waals surface area contributed by atoms with E-state index in [2.05, 4.69) is 25.9 Å². The minimum atomic E-state index is -1.70. The van der Waals surface area contributed by atoms with Gasteiger partial charge in [-0.25, -0.2) is 4.79 Å². The number of nitrogens with one attached hydrogen (secondary N) is 5. The highest BCUT2D eigenvalue weighted by molar-refractivity contribution is 5.94. The van der Waals surface area contributed by atoms with Gasteiger partial charge in [0, 0.05) is 40.6 Å². The van der Waals surface area contributed by atoms with E-state index in [4.69, 9.17) is 10.8 Å². The van der Waals surface area contributed by atoms with Crippen LogP contribution in [0.3, 0.4) is 0 Å². The molecule has 0 aliphatic heterocycles. The van der Waals surface area contributed by atoms with Crippen LogP contribution in [0.15, 0.2) is 60.9 Å². The monoisotopic (exact) mass is 562 g/mol. The number of hydrogen-bond acceptors (Lipinski definition) is 6. The number of aliphatic carboxylic acids is 2. The smallest absolute Gasteiger partial charge is 0.326 e. The SMILES string of the molecule is NC(Cc1c[nH]c2ccccc12)C(=O)NCC(=O)NC(Cc1c[nH]c2ccccc12)C(=O)NC(CC(=O)O)C(=O)O. The minimum Gasteiger partial charge on any atom is -0.481 e. The molecule has 4 rings (SSSR count). The van der Waals surface area contributed by atoms with E-state index in [1.165, 1.54) is 0 Å². The first-order chi connectivity index (χ1) is 19.6. The summed E-state index contributed by atoms with van der Waals surface area (Å²) in [4.78, 5) is 67.2. The number of benzene rings is 2. The fourth-order valence-electron chi connectivity index (χ4n) is 4.55. The van der Waals surface area contributed by atoms with Crippen LogP contribution in [-0.2, 0) is 36.8 Å². The number of aromatic nitrogens is 2. The maximum atomic E-state index is 13.1. The molecule has 3 atom stereocenters. The van der Waals surface area contributed by atoms with Crippen LogP contribution >= 0.6 is 0 Å². The molecule has 3 unspecified atom stereocenters. The van der Waals surface area contributed by atoms with Crippen LogP contribution < -0.4 is 21.7 Å². The number of nitrogens with two attached hydrogens (primary N) is 1. The Labute approximate surface area is 233 Å². The number of carbonyl (C=O) groups is 5. The number of carboxylic acids is 2. The zero-order valence-electron chi connectivity index (χ0n) is 21.8. The van der Waals surface area contributed by atoms with Gasteiger partial charge in [-0.15, -0.1) is 0 Å². The predicted octanol–water partition coefficient (Wildman–Crippen LogP) is 0.407. The maximum Gasteiger partial charge on any atom is 0.326 e. The van der Waals surface area contributed by atoms with E-state index in [1.807, 2.05) is 42.5 Å². The predicted molar refractivity (Wildman–Crippen MR) is 149 cm³/mol.